The lowest BCUT2D eigenvalue weighted by atomic mass is 9.99. The highest BCUT2D eigenvalue weighted by Gasteiger charge is 2.30. The zero-order valence-corrected chi connectivity index (χ0v) is 14.7. The first-order chi connectivity index (χ1) is 10.9. The monoisotopic (exact) mass is 315 g/mol. The largest absolute Gasteiger partial charge is 0.261 e. The molecule has 0 unspecified atom stereocenters. The molecule has 3 rings (SSSR count). The van der Waals surface area contributed by atoms with Crippen molar-refractivity contribution in [2.24, 2.45) is 4.99 Å². The molecule has 2 saturated carbocycles. The van der Waals surface area contributed by atoms with Crippen molar-refractivity contribution in [2.45, 2.75) is 75.5 Å². The standard InChI is InChI=1S/C20H30NP/c1-4-10-18(11-5-1)21-16-17-22(19-12-6-2-7-13-19)20-14-8-3-9-15-20/h1,4-5,10-11,16,19-20H,2-3,6-9,12-15,17H2. The Morgan fingerprint density at radius 3 is 1.91 bits per heavy atom. The molecule has 0 aliphatic heterocycles. The van der Waals surface area contributed by atoms with Crippen LogP contribution in [0.5, 0.6) is 0 Å². The summed E-state index contributed by atoms with van der Waals surface area (Å²) in [6, 6.07) is 10.4. The van der Waals surface area contributed by atoms with Gasteiger partial charge in [-0.1, -0.05) is 64.6 Å². The van der Waals surface area contributed by atoms with E-state index >= 15 is 0 Å². The van der Waals surface area contributed by atoms with Gasteiger partial charge in [0, 0.05) is 12.4 Å². The lowest BCUT2D eigenvalue weighted by Crippen LogP contribution is -2.22. The van der Waals surface area contributed by atoms with Crippen molar-refractivity contribution in [1.82, 2.24) is 0 Å². The van der Waals surface area contributed by atoms with Crippen LogP contribution in [0.15, 0.2) is 35.3 Å². The number of benzene rings is 1. The Balaban J connectivity index is 1.63. The highest BCUT2D eigenvalue weighted by atomic mass is 31.1. The molecule has 1 aromatic rings. The van der Waals surface area contributed by atoms with Crippen LogP contribution in [-0.2, 0) is 0 Å². The molecule has 1 aromatic carbocycles. The third-order valence-corrected chi connectivity index (χ3v) is 8.87. The Labute approximate surface area is 137 Å². The summed E-state index contributed by atoms with van der Waals surface area (Å²) in [6.07, 6.45) is 18.4. The van der Waals surface area contributed by atoms with Crippen LogP contribution in [-0.4, -0.2) is 23.7 Å². The van der Waals surface area contributed by atoms with Crippen molar-refractivity contribution >= 4 is 19.8 Å². The van der Waals surface area contributed by atoms with Gasteiger partial charge in [-0.25, -0.2) is 0 Å². The van der Waals surface area contributed by atoms with Crippen molar-refractivity contribution in [3.05, 3.63) is 30.3 Å². The van der Waals surface area contributed by atoms with Crippen LogP contribution in [0.1, 0.15) is 64.2 Å². The van der Waals surface area contributed by atoms with E-state index in [1.165, 1.54) is 70.4 Å². The number of nitrogens with zero attached hydrogens (tertiary/aromatic N) is 1. The fraction of sp³-hybridized carbons (Fsp3) is 0.650. The second-order valence-electron chi connectivity index (χ2n) is 6.93. The molecule has 0 spiro atoms. The van der Waals surface area contributed by atoms with Gasteiger partial charge >= 0.3 is 0 Å². The predicted octanol–water partition coefficient (Wildman–Crippen LogP) is 6.54. The molecule has 0 aromatic heterocycles. The van der Waals surface area contributed by atoms with Crippen molar-refractivity contribution < 1.29 is 0 Å². The van der Waals surface area contributed by atoms with Crippen LogP contribution in [0.3, 0.4) is 0 Å². The number of para-hydroxylation sites is 1. The van der Waals surface area contributed by atoms with Crippen LogP contribution >= 0.6 is 7.92 Å². The Morgan fingerprint density at radius 2 is 1.36 bits per heavy atom. The smallest absolute Gasteiger partial charge is 0.0625 e. The van der Waals surface area contributed by atoms with Gasteiger partial charge < -0.3 is 0 Å². The average molecular weight is 315 g/mol. The molecular weight excluding hydrogens is 285 g/mol. The number of hydrogen-bond acceptors (Lipinski definition) is 1. The number of rotatable bonds is 5. The minimum absolute atomic E-state index is 0.157. The van der Waals surface area contributed by atoms with E-state index in [0.29, 0.717) is 0 Å². The summed E-state index contributed by atoms with van der Waals surface area (Å²) in [7, 11) is 0.157. The molecule has 120 valence electrons. The lowest BCUT2D eigenvalue weighted by molar-refractivity contribution is 0.485. The topological polar surface area (TPSA) is 12.4 Å². The van der Waals surface area contributed by atoms with Gasteiger partial charge in [-0.3, -0.25) is 4.99 Å². The second-order valence-corrected chi connectivity index (χ2v) is 9.78. The molecule has 2 aliphatic carbocycles. The van der Waals surface area contributed by atoms with Crippen LogP contribution in [0, 0.1) is 0 Å². The van der Waals surface area contributed by atoms with Crippen LogP contribution < -0.4 is 0 Å². The third kappa shape index (κ3) is 4.66. The Hall–Kier alpha value is -0.680. The summed E-state index contributed by atoms with van der Waals surface area (Å²) in [5.74, 6) is 0. The zero-order chi connectivity index (χ0) is 15.0. The molecule has 0 atom stereocenters. The average Bonchev–Trinajstić information content (AvgIpc) is 2.61. The fourth-order valence-corrected chi connectivity index (χ4v) is 7.70. The first-order valence-electron chi connectivity index (χ1n) is 9.27. The van der Waals surface area contributed by atoms with E-state index in [9.17, 15) is 0 Å². The molecule has 2 fully saturated rings. The first kappa shape index (κ1) is 16.2. The molecule has 1 nitrogen and oxygen atoms in total. The van der Waals surface area contributed by atoms with Crippen LogP contribution in [0.4, 0.5) is 5.69 Å². The van der Waals surface area contributed by atoms with Crippen molar-refractivity contribution in [1.29, 1.82) is 0 Å². The molecule has 0 bridgehead atoms. The van der Waals surface area contributed by atoms with E-state index in [1.807, 2.05) is 0 Å². The highest BCUT2D eigenvalue weighted by molar-refractivity contribution is 7.60. The molecule has 0 N–H and O–H groups in total. The third-order valence-electron chi connectivity index (χ3n) is 5.38. The Kier molecular flexibility index (Phi) is 6.49. The number of hydrogen-bond donors (Lipinski definition) is 0. The summed E-state index contributed by atoms with van der Waals surface area (Å²) in [4.78, 5) is 4.73. The van der Waals surface area contributed by atoms with Gasteiger partial charge in [0.05, 0.1) is 5.69 Å². The first-order valence-corrected chi connectivity index (χ1v) is 10.9. The van der Waals surface area contributed by atoms with Gasteiger partial charge in [-0.2, -0.15) is 0 Å². The summed E-state index contributed by atoms with van der Waals surface area (Å²) in [5, 5.41) is 0. The Bertz CT molecular complexity index is 426. The molecule has 22 heavy (non-hydrogen) atoms. The van der Waals surface area contributed by atoms with E-state index in [-0.39, 0.29) is 7.92 Å². The van der Waals surface area contributed by atoms with Gasteiger partial charge in [0.25, 0.3) is 0 Å². The van der Waals surface area contributed by atoms with E-state index in [2.05, 4.69) is 36.5 Å². The molecule has 2 aliphatic rings. The van der Waals surface area contributed by atoms with Crippen molar-refractivity contribution in [3.63, 3.8) is 0 Å². The Morgan fingerprint density at radius 1 is 0.818 bits per heavy atom. The number of aliphatic imine (C=N–C) groups is 1. The molecule has 0 heterocycles. The van der Waals surface area contributed by atoms with Gasteiger partial charge in [-0.05, 0) is 49.1 Å². The summed E-state index contributed by atoms with van der Waals surface area (Å²) >= 11 is 0. The van der Waals surface area contributed by atoms with E-state index in [4.69, 9.17) is 4.99 Å². The van der Waals surface area contributed by atoms with E-state index in [1.54, 1.807) is 0 Å². The van der Waals surface area contributed by atoms with Gasteiger partial charge in [0.15, 0.2) is 0 Å². The predicted molar refractivity (Wildman–Crippen MR) is 100 cm³/mol. The molecule has 2 heteroatoms. The zero-order valence-electron chi connectivity index (χ0n) is 13.8. The maximum atomic E-state index is 4.73. The van der Waals surface area contributed by atoms with Gasteiger partial charge in [0.2, 0.25) is 0 Å². The second kappa shape index (κ2) is 8.82. The normalized spacial score (nSPS) is 21.7. The molecular formula is C20H30NP. The van der Waals surface area contributed by atoms with E-state index < -0.39 is 0 Å². The summed E-state index contributed by atoms with van der Waals surface area (Å²) in [6.45, 7) is 0. The quantitative estimate of drug-likeness (QED) is 0.432. The molecule has 0 saturated heterocycles. The summed E-state index contributed by atoms with van der Waals surface area (Å²) < 4.78 is 0. The lowest BCUT2D eigenvalue weighted by Gasteiger charge is -2.37. The van der Waals surface area contributed by atoms with Crippen molar-refractivity contribution in [2.75, 3.05) is 6.16 Å². The molecule has 0 radical (unpaired) electrons. The molecule has 0 amide bonds. The van der Waals surface area contributed by atoms with Crippen LogP contribution in [0.2, 0.25) is 0 Å². The van der Waals surface area contributed by atoms with Gasteiger partial charge in [0.1, 0.15) is 0 Å². The van der Waals surface area contributed by atoms with Gasteiger partial charge in [-0.15, -0.1) is 0 Å². The minimum atomic E-state index is 0.157. The SMILES string of the molecule is C(CP(C1CCCCC1)C1CCCCC1)=Nc1ccccc1. The van der Waals surface area contributed by atoms with Crippen LogP contribution in [0.25, 0.3) is 0 Å². The highest BCUT2D eigenvalue weighted by Crippen LogP contribution is 2.55. The summed E-state index contributed by atoms with van der Waals surface area (Å²) in [5.41, 5.74) is 3.19. The fourth-order valence-electron chi connectivity index (χ4n) is 4.18. The minimum Gasteiger partial charge on any atom is -0.261 e. The van der Waals surface area contributed by atoms with Crippen molar-refractivity contribution in [3.8, 4) is 0 Å². The van der Waals surface area contributed by atoms with E-state index in [0.717, 1.165) is 17.0 Å². The maximum absolute atomic E-state index is 4.73. The maximum Gasteiger partial charge on any atom is 0.0625 e.